The molecule has 0 amide bonds. The number of hydrogen-bond donors (Lipinski definition) is 0. The van der Waals surface area contributed by atoms with Crippen molar-refractivity contribution in [3.63, 3.8) is 0 Å². The van der Waals surface area contributed by atoms with Crippen molar-refractivity contribution in [3.05, 3.63) is 42.0 Å². The zero-order chi connectivity index (χ0) is 12.8. The van der Waals surface area contributed by atoms with Crippen molar-refractivity contribution >= 4 is 23.1 Å². The van der Waals surface area contributed by atoms with E-state index in [1.54, 1.807) is 0 Å². The molecule has 0 aliphatic heterocycles. The summed E-state index contributed by atoms with van der Waals surface area (Å²) < 4.78 is 0. The van der Waals surface area contributed by atoms with Crippen molar-refractivity contribution in [2.75, 3.05) is 0 Å². The Kier molecular flexibility index (Phi) is 4.86. The minimum absolute atomic E-state index is 0.719. The average Bonchev–Trinajstić information content (AvgIpc) is 2.41. The topological polar surface area (TPSA) is 12.4 Å². The van der Waals surface area contributed by atoms with Gasteiger partial charge in [-0.25, -0.2) is 0 Å². The smallest absolute Gasteiger partial charge is 0.0739 e. The highest BCUT2D eigenvalue weighted by Crippen LogP contribution is 2.36. The highest BCUT2D eigenvalue weighted by Gasteiger charge is 2.20. The van der Waals surface area contributed by atoms with Crippen LogP contribution in [0.15, 0.2) is 41.4 Å². The fourth-order valence-electron chi connectivity index (χ4n) is 2.79. The summed E-state index contributed by atoms with van der Waals surface area (Å²) in [7, 11) is 0. The number of benzene rings is 1. The van der Waals surface area contributed by atoms with Gasteiger partial charge in [-0.2, -0.15) is 4.99 Å². The van der Waals surface area contributed by atoms with Gasteiger partial charge in [-0.15, -0.1) is 0 Å². The second-order valence-electron chi connectivity index (χ2n) is 4.93. The number of isothiocyanates is 1. The fourth-order valence-corrected chi connectivity index (χ4v) is 2.90. The third-order valence-electron chi connectivity index (χ3n) is 3.78. The molecule has 1 aliphatic rings. The van der Waals surface area contributed by atoms with Crippen LogP contribution < -0.4 is 0 Å². The normalized spacial score (nSPS) is 23.8. The van der Waals surface area contributed by atoms with Crippen LogP contribution in [0.4, 0.5) is 5.69 Å². The lowest BCUT2D eigenvalue weighted by atomic mass is 9.78. The van der Waals surface area contributed by atoms with Crippen LogP contribution in [-0.2, 0) is 0 Å². The molecule has 1 nitrogen and oxygen atoms in total. The molecule has 2 rings (SSSR count). The van der Waals surface area contributed by atoms with Gasteiger partial charge in [0, 0.05) is 0 Å². The van der Waals surface area contributed by atoms with Gasteiger partial charge in [-0.1, -0.05) is 24.3 Å². The molecule has 1 saturated carbocycles. The van der Waals surface area contributed by atoms with Gasteiger partial charge < -0.3 is 0 Å². The largest absolute Gasteiger partial charge is 0.195 e. The Balaban J connectivity index is 1.99. The second kappa shape index (κ2) is 6.63. The van der Waals surface area contributed by atoms with Gasteiger partial charge in [-0.05, 0) is 74.4 Å². The SMILES string of the molecule is C/C=C\C1CCC(c2ccc(N=C=S)cc2)CC1. The molecule has 0 spiro atoms. The van der Waals surface area contributed by atoms with E-state index >= 15 is 0 Å². The molecule has 0 N–H and O–H groups in total. The van der Waals surface area contributed by atoms with E-state index in [2.05, 4.69) is 53.6 Å². The summed E-state index contributed by atoms with van der Waals surface area (Å²) in [5.41, 5.74) is 2.34. The predicted molar refractivity (Wildman–Crippen MR) is 80.6 cm³/mol. The minimum atomic E-state index is 0.719. The maximum Gasteiger partial charge on any atom is 0.0739 e. The molecule has 1 aromatic rings. The summed E-state index contributed by atoms with van der Waals surface area (Å²) in [6.45, 7) is 2.11. The molecule has 1 aromatic carbocycles. The Labute approximate surface area is 115 Å². The van der Waals surface area contributed by atoms with E-state index in [0.717, 1.165) is 17.5 Å². The Morgan fingerprint density at radius 1 is 1.17 bits per heavy atom. The molecule has 0 unspecified atom stereocenters. The molecule has 18 heavy (non-hydrogen) atoms. The first-order chi connectivity index (χ1) is 8.83. The molecule has 1 aliphatic carbocycles. The third-order valence-corrected chi connectivity index (χ3v) is 3.87. The molecule has 0 aromatic heterocycles. The van der Waals surface area contributed by atoms with Crippen LogP contribution in [0.3, 0.4) is 0 Å². The molecule has 0 atom stereocenters. The van der Waals surface area contributed by atoms with E-state index in [4.69, 9.17) is 0 Å². The fraction of sp³-hybridized carbons (Fsp3) is 0.438. The molecule has 0 bridgehead atoms. The molecule has 2 heteroatoms. The maximum absolute atomic E-state index is 4.61. The first-order valence-electron chi connectivity index (χ1n) is 6.64. The van der Waals surface area contributed by atoms with E-state index in [1.165, 1.54) is 31.2 Å². The summed E-state index contributed by atoms with van der Waals surface area (Å²) >= 11 is 4.61. The van der Waals surface area contributed by atoms with Crippen LogP contribution in [-0.4, -0.2) is 5.16 Å². The lowest BCUT2D eigenvalue weighted by Crippen LogP contribution is -2.11. The Bertz CT molecular complexity index is 446. The number of thiocarbonyl (C=S) groups is 1. The Hall–Kier alpha value is -1.24. The van der Waals surface area contributed by atoms with Gasteiger partial charge in [0.15, 0.2) is 0 Å². The molecular weight excluding hydrogens is 238 g/mol. The summed E-state index contributed by atoms with van der Waals surface area (Å²) in [6.07, 6.45) is 9.76. The van der Waals surface area contributed by atoms with Gasteiger partial charge >= 0.3 is 0 Å². The number of hydrogen-bond acceptors (Lipinski definition) is 2. The van der Waals surface area contributed by atoms with Crippen molar-refractivity contribution in [2.45, 2.75) is 38.5 Å². The minimum Gasteiger partial charge on any atom is -0.195 e. The summed E-state index contributed by atoms with van der Waals surface area (Å²) in [5, 5.41) is 2.40. The van der Waals surface area contributed by atoms with Gasteiger partial charge in [0.25, 0.3) is 0 Å². The van der Waals surface area contributed by atoms with Crippen LogP contribution in [0.1, 0.15) is 44.1 Å². The molecule has 0 radical (unpaired) electrons. The summed E-state index contributed by atoms with van der Waals surface area (Å²) in [4.78, 5) is 3.98. The second-order valence-corrected chi connectivity index (χ2v) is 5.11. The predicted octanol–water partition coefficient (Wildman–Crippen LogP) is 5.27. The van der Waals surface area contributed by atoms with Crippen LogP contribution in [0, 0.1) is 5.92 Å². The van der Waals surface area contributed by atoms with Gasteiger partial charge in [-0.3, -0.25) is 0 Å². The van der Waals surface area contributed by atoms with Crippen molar-refractivity contribution in [3.8, 4) is 0 Å². The van der Waals surface area contributed by atoms with E-state index in [1.807, 2.05) is 12.1 Å². The van der Waals surface area contributed by atoms with Gasteiger partial charge in [0.2, 0.25) is 0 Å². The van der Waals surface area contributed by atoms with Crippen molar-refractivity contribution < 1.29 is 0 Å². The summed E-state index contributed by atoms with van der Waals surface area (Å²) in [5.74, 6) is 1.52. The van der Waals surface area contributed by atoms with E-state index in [9.17, 15) is 0 Å². The number of allylic oxidation sites excluding steroid dienone is 2. The van der Waals surface area contributed by atoms with Crippen molar-refractivity contribution in [2.24, 2.45) is 10.9 Å². The molecular formula is C16H19NS. The number of rotatable bonds is 3. The van der Waals surface area contributed by atoms with Gasteiger partial charge in [0.1, 0.15) is 0 Å². The average molecular weight is 257 g/mol. The van der Waals surface area contributed by atoms with Crippen molar-refractivity contribution in [1.29, 1.82) is 0 Å². The quantitative estimate of drug-likeness (QED) is 0.408. The Morgan fingerprint density at radius 2 is 1.83 bits per heavy atom. The monoisotopic (exact) mass is 257 g/mol. The molecule has 0 heterocycles. The maximum atomic E-state index is 4.61. The number of nitrogens with zero attached hydrogens (tertiary/aromatic N) is 1. The highest BCUT2D eigenvalue weighted by atomic mass is 32.1. The summed E-state index contributed by atoms with van der Waals surface area (Å²) in [6, 6.07) is 8.44. The van der Waals surface area contributed by atoms with Crippen LogP contribution in [0.2, 0.25) is 0 Å². The lowest BCUT2D eigenvalue weighted by molar-refractivity contribution is 0.376. The molecule has 1 fully saturated rings. The zero-order valence-corrected chi connectivity index (χ0v) is 11.6. The van der Waals surface area contributed by atoms with Crippen LogP contribution in [0.5, 0.6) is 0 Å². The molecule has 0 saturated heterocycles. The van der Waals surface area contributed by atoms with E-state index in [0.29, 0.717) is 0 Å². The first kappa shape index (κ1) is 13.2. The third kappa shape index (κ3) is 3.38. The van der Waals surface area contributed by atoms with Gasteiger partial charge in [0.05, 0.1) is 10.8 Å². The Morgan fingerprint density at radius 3 is 2.39 bits per heavy atom. The highest BCUT2D eigenvalue weighted by molar-refractivity contribution is 7.78. The van der Waals surface area contributed by atoms with E-state index < -0.39 is 0 Å². The van der Waals surface area contributed by atoms with Crippen LogP contribution >= 0.6 is 12.2 Å². The lowest BCUT2D eigenvalue weighted by Gasteiger charge is -2.27. The van der Waals surface area contributed by atoms with E-state index in [-0.39, 0.29) is 0 Å². The van der Waals surface area contributed by atoms with Crippen LogP contribution in [0.25, 0.3) is 0 Å². The zero-order valence-electron chi connectivity index (χ0n) is 10.8. The number of aliphatic imine (C=N–C) groups is 1. The van der Waals surface area contributed by atoms with Crippen molar-refractivity contribution in [1.82, 2.24) is 0 Å². The standard InChI is InChI=1S/C16H19NS/c1-2-3-13-4-6-14(7-5-13)15-8-10-16(11-9-15)17-12-18/h2-3,8-11,13-14H,4-7H2,1H3/b3-2-. The first-order valence-corrected chi connectivity index (χ1v) is 7.05. The molecule has 94 valence electrons.